The van der Waals surface area contributed by atoms with Crippen molar-refractivity contribution in [3.05, 3.63) is 29.3 Å². The van der Waals surface area contributed by atoms with Crippen molar-refractivity contribution in [1.82, 2.24) is 10.2 Å². The summed E-state index contributed by atoms with van der Waals surface area (Å²) in [5.41, 5.74) is 0.297. The number of nitrogens with zero attached hydrogens (tertiary/aromatic N) is 1. The fraction of sp³-hybridized carbons (Fsp3) is 0.562. The topological polar surface area (TPSA) is 41.6 Å². The first-order valence-electron chi connectivity index (χ1n) is 7.50. The molecular formula is C16H22Cl2N2O2. The highest BCUT2D eigenvalue weighted by molar-refractivity contribution is 6.30. The van der Waals surface area contributed by atoms with Crippen molar-refractivity contribution < 1.29 is 9.53 Å². The standard InChI is InChI=1S/C16H21ClN2O2.ClH/c1-12(21-14-4-2-3-13(17)9-14)15(20)19-8-6-16(11-19)5-7-18-10-16;/h2-4,9,12,18H,5-8,10-11H2,1H3;1H. The minimum Gasteiger partial charge on any atom is -0.481 e. The van der Waals surface area contributed by atoms with Crippen LogP contribution >= 0.6 is 24.0 Å². The molecule has 2 atom stereocenters. The number of rotatable bonds is 3. The van der Waals surface area contributed by atoms with Gasteiger partial charge in [-0.3, -0.25) is 4.79 Å². The third kappa shape index (κ3) is 3.67. The van der Waals surface area contributed by atoms with Crippen molar-refractivity contribution in [2.24, 2.45) is 5.41 Å². The van der Waals surface area contributed by atoms with E-state index < -0.39 is 6.10 Å². The zero-order valence-electron chi connectivity index (χ0n) is 12.7. The number of amides is 1. The summed E-state index contributed by atoms with van der Waals surface area (Å²) in [6.45, 7) is 5.59. The van der Waals surface area contributed by atoms with Gasteiger partial charge in [0.15, 0.2) is 6.10 Å². The highest BCUT2D eigenvalue weighted by atomic mass is 35.5. The van der Waals surface area contributed by atoms with Gasteiger partial charge < -0.3 is 15.0 Å². The molecule has 2 fully saturated rings. The lowest BCUT2D eigenvalue weighted by Gasteiger charge is -2.25. The molecule has 6 heteroatoms. The molecule has 122 valence electrons. The van der Waals surface area contributed by atoms with Crippen LogP contribution < -0.4 is 10.1 Å². The maximum absolute atomic E-state index is 12.5. The minimum absolute atomic E-state index is 0. The maximum atomic E-state index is 12.5. The summed E-state index contributed by atoms with van der Waals surface area (Å²) in [6, 6.07) is 7.17. The molecule has 0 saturated carbocycles. The van der Waals surface area contributed by atoms with E-state index in [0.29, 0.717) is 16.2 Å². The molecule has 4 nitrogen and oxygen atoms in total. The van der Waals surface area contributed by atoms with Crippen molar-refractivity contribution >= 4 is 29.9 Å². The van der Waals surface area contributed by atoms with Crippen LogP contribution in [0, 0.1) is 5.41 Å². The minimum atomic E-state index is -0.479. The van der Waals surface area contributed by atoms with Gasteiger partial charge in [-0.2, -0.15) is 0 Å². The molecular weight excluding hydrogens is 323 g/mol. The van der Waals surface area contributed by atoms with Crippen molar-refractivity contribution in [1.29, 1.82) is 0 Å². The van der Waals surface area contributed by atoms with Gasteiger partial charge in [0.05, 0.1) is 0 Å². The van der Waals surface area contributed by atoms with Crippen LogP contribution in [0.5, 0.6) is 5.75 Å². The Bertz CT molecular complexity index is 533. The second kappa shape index (κ2) is 7.07. The quantitative estimate of drug-likeness (QED) is 0.916. The summed E-state index contributed by atoms with van der Waals surface area (Å²) < 4.78 is 5.73. The molecule has 3 rings (SSSR count). The van der Waals surface area contributed by atoms with Crippen molar-refractivity contribution in [3.8, 4) is 5.75 Å². The lowest BCUT2D eigenvalue weighted by molar-refractivity contribution is -0.137. The Labute approximate surface area is 142 Å². The lowest BCUT2D eigenvalue weighted by atomic mass is 9.86. The van der Waals surface area contributed by atoms with Crippen LogP contribution in [0.25, 0.3) is 0 Å². The highest BCUT2D eigenvalue weighted by Gasteiger charge is 2.42. The number of hydrogen-bond acceptors (Lipinski definition) is 3. The predicted octanol–water partition coefficient (Wildman–Crippen LogP) is 2.74. The zero-order chi connectivity index (χ0) is 14.9. The van der Waals surface area contributed by atoms with Crippen molar-refractivity contribution in [2.75, 3.05) is 26.2 Å². The molecule has 2 heterocycles. The number of likely N-dealkylation sites (tertiary alicyclic amines) is 1. The number of carbonyl (C=O) groups is 1. The van der Waals surface area contributed by atoms with E-state index in [9.17, 15) is 4.79 Å². The summed E-state index contributed by atoms with van der Waals surface area (Å²) in [6.07, 6.45) is 1.78. The van der Waals surface area contributed by atoms with E-state index in [4.69, 9.17) is 16.3 Å². The van der Waals surface area contributed by atoms with E-state index in [1.165, 1.54) is 6.42 Å². The van der Waals surface area contributed by atoms with E-state index in [1.807, 2.05) is 17.0 Å². The fourth-order valence-electron chi connectivity index (χ4n) is 3.32. The van der Waals surface area contributed by atoms with Gasteiger partial charge in [-0.15, -0.1) is 12.4 Å². The SMILES string of the molecule is CC(Oc1cccc(Cl)c1)C(=O)N1CCC2(CCNC2)C1.Cl. The Morgan fingerprint density at radius 2 is 2.27 bits per heavy atom. The Kier molecular flexibility index (Phi) is 5.59. The third-order valence-electron chi connectivity index (χ3n) is 4.54. The van der Waals surface area contributed by atoms with Crippen LogP contribution in [0.2, 0.25) is 5.02 Å². The number of halogens is 2. The maximum Gasteiger partial charge on any atom is 0.263 e. The fourth-order valence-corrected chi connectivity index (χ4v) is 3.50. The Hall–Kier alpha value is -0.970. The molecule has 1 amide bonds. The van der Waals surface area contributed by atoms with Crippen LogP contribution in [0.15, 0.2) is 24.3 Å². The largest absolute Gasteiger partial charge is 0.481 e. The van der Waals surface area contributed by atoms with Crippen molar-refractivity contribution in [2.45, 2.75) is 25.9 Å². The molecule has 0 aliphatic carbocycles. The first-order chi connectivity index (χ1) is 10.1. The molecule has 1 spiro atoms. The molecule has 2 saturated heterocycles. The van der Waals surface area contributed by atoms with Crippen LogP contribution in [-0.2, 0) is 4.79 Å². The monoisotopic (exact) mass is 344 g/mol. The Morgan fingerprint density at radius 3 is 2.95 bits per heavy atom. The first kappa shape index (κ1) is 17.4. The van der Waals surface area contributed by atoms with E-state index in [0.717, 1.165) is 32.6 Å². The molecule has 2 unspecified atom stereocenters. The highest BCUT2D eigenvalue weighted by Crippen LogP contribution is 2.36. The summed E-state index contributed by atoms with van der Waals surface area (Å²) in [5, 5.41) is 4.02. The zero-order valence-corrected chi connectivity index (χ0v) is 14.3. The van der Waals surface area contributed by atoms with Gasteiger partial charge in [0, 0.05) is 30.1 Å². The van der Waals surface area contributed by atoms with Crippen LogP contribution in [-0.4, -0.2) is 43.1 Å². The van der Waals surface area contributed by atoms with Gasteiger partial charge in [-0.05, 0) is 44.5 Å². The van der Waals surface area contributed by atoms with E-state index in [-0.39, 0.29) is 18.3 Å². The van der Waals surface area contributed by atoms with E-state index in [2.05, 4.69) is 5.32 Å². The second-order valence-corrected chi connectivity index (χ2v) is 6.59. The molecule has 0 bridgehead atoms. The van der Waals surface area contributed by atoms with Gasteiger partial charge >= 0.3 is 0 Å². The van der Waals surface area contributed by atoms with Crippen molar-refractivity contribution in [3.63, 3.8) is 0 Å². The predicted molar refractivity (Wildman–Crippen MR) is 89.9 cm³/mol. The number of carbonyl (C=O) groups excluding carboxylic acids is 1. The Morgan fingerprint density at radius 1 is 1.45 bits per heavy atom. The Balaban J connectivity index is 0.00000176. The first-order valence-corrected chi connectivity index (χ1v) is 7.88. The molecule has 22 heavy (non-hydrogen) atoms. The van der Waals surface area contributed by atoms with Gasteiger partial charge in [-0.1, -0.05) is 17.7 Å². The second-order valence-electron chi connectivity index (χ2n) is 6.15. The average Bonchev–Trinajstić information content (AvgIpc) is 3.09. The van der Waals surface area contributed by atoms with E-state index in [1.54, 1.807) is 19.1 Å². The summed E-state index contributed by atoms with van der Waals surface area (Å²) in [5.74, 6) is 0.707. The van der Waals surface area contributed by atoms with E-state index >= 15 is 0 Å². The van der Waals surface area contributed by atoms with Gasteiger partial charge in [0.25, 0.3) is 5.91 Å². The number of benzene rings is 1. The summed E-state index contributed by atoms with van der Waals surface area (Å²) in [4.78, 5) is 14.5. The number of ether oxygens (including phenoxy) is 1. The summed E-state index contributed by atoms with van der Waals surface area (Å²) in [7, 11) is 0. The molecule has 0 radical (unpaired) electrons. The van der Waals surface area contributed by atoms with Crippen LogP contribution in [0.4, 0.5) is 0 Å². The summed E-state index contributed by atoms with van der Waals surface area (Å²) >= 11 is 5.93. The smallest absolute Gasteiger partial charge is 0.263 e. The molecule has 1 N–H and O–H groups in total. The van der Waals surface area contributed by atoms with Gasteiger partial charge in [0.1, 0.15) is 5.75 Å². The average molecular weight is 345 g/mol. The molecule has 0 aromatic heterocycles. The normalized spacial score (nSPS) is 25.1. The number of nitrogens with one attached hydrogen (secondary N) is 1. The molecule has 1 aromatic rings. The van der Waals surface area contributed by atoms with Crippen LogP contribution in [0.3, 0.4) is 0 Å². The number of hydrogen-bond donors (Lipinski definition) is 1. The molecule has 2 aliphatic heterocycles. The van der Waals surface area contributed by atoms with Gasteiger partial charge in [-0.25, -0.2) is 0 Å². The molecule has 1 aromatic carbocycles. The van der Waals surface area contributed by atoms with Crippen LogP contribution in [0.1, 0.15) is 19.8 Å². The van der Waals surface area contributed by atoms with Gasteiger partial charge in [0.2, 0.25) is 0 Å². The third-order valence-corrected chi connectivity index (χ3v) is 4.77. The molecule has 2 aliphatic rings. The lowest BCUT2D eigenvalue weighted by Crippen LogP contribution is -2.40.